The number of aliphatic carboxylic acids is 1. The number of nitrogens with zero attached hydrogens (tertiary/aromatic N) is 1. The van der Waals surface area contributed by atoms with E-state index in [1.165, 1.54) is 24.5 Å². The molecule has 1 aromatic rings. The fourth-order valence-corrected chi connectivity index (χ4v) is 2.58. The Hall–Kier alpha value is -1.61. The third-order valence-electron chi connectivity index (χ3n) is 3.84. The standard InChI is InChI=1S/C16H21NO2/c1-16(2)10-3-11-17(16)12-14-6-4-13(5-7-14)8-9-15(18)19/h4-9H,3,10-12H2,1-2H3,(H,18,19)/b9-8+. The van der Waals surface area contributed by atoms with E-state index in [1.54, 1.807) is 6.08 Å². The predicted octanol–water partition coefficient (Wildman–Crippen LogP) is 3.16. The molecule has 19 heavy (non-hydrogen) atoms. The van der Waals surface area contributed by atoms with E-state index < -0.39 is 5.97 Å². The summed E-state index contributed by atoms with van der Waals surface area (Å²) in [4.78, 5) is 13.0. The second-order valence-electron chi connectivity index (χ2n) is 5.75. The lowest BCUT2D eigenvalue weighted by Gasteiger charge is -2.31. The number of carboxylic acid groups (broad SMARTS) is 1. The van der Waals surface area contributed by atoms with E-state index in [1.807, 2.05) is 12.1 Å². The predicted molar refractivity (Wildman–Crippen MR) is 76.8 cm³/mol. The molecule has 1 N–H and O–H groups in total. The Balaban J connectivity index is 2.01. The molecule has 0 radical (unpaired) electrons. The minimum Gasteiger partial charge on any atom is -0.478 e. The van der Waals surface area contributed by atoms with Gasteiger partial charge in [-0.2, -0.15) is 0 Å². The summed E-state index contributed by atoms with van der Waals surface area (Å²) in [6.07, 6.45) is 5.31. The number of benzene rings is 1. The van der Waals surface area contributed by atoms with Gasteiger partial charge in [0.1, 0.15) is 0 Å². The Labute approximate surface area is 114 Å². The summed E-state index contributed by atoms with van der Waals surface area (Å²) in [5.74, 6) is -0.914. The van der Waals surface area contributed by atoms with Crippen molar-refractivity contribution in [1.82, 2.24) is 4.90 Å². The van der Waals surface area contributed by atoms with Crippen LogP contribution in [0.2, 0.25) is 0 Å². The molecule has 0 spiro atoms. The summed E-state index contributed by atoms with van der Waals surface area (Å²) in [7, 11) is 0. The molecule has 1 aliphatic rings. The summed E-state index contributed by atoms with van der Waals surface area (Å²) in [6, 6.07) is 8.10. The van der Waals surface area contributed by atoms with E-state index in [-0.39, 0.29) is 0 Å². The van der Waals surface area contributed by atoms with Gasteiger partial charge in [-0.3, -0.25) is 4.90 Å². The topological polar surface area (TPSA) is 40.5 Å². The van der Waals surface area contributed by atoms with Gasteiger partial charge in [0.05, 0.1) is 0 Å². The summed E-state index contributed by atoms with van der Waals surface area (Å²) < 4.78 is 0. The molecular weight excluding hydrogens is 238 g/mol. The first-order valence-corrected chi connectivity index (χ1v) is 6.72. The Bertz CT molecular complexity index is 474. The average Bonchev–Trinajstić information content (AvgIpc) is 2.68. The van der Waals surface area contributed by atoms with Gasteiger partial charge in [0.2, 0.25) is 0 Å². The quantitative estimate of drug-likeness (QED) is 0.844. The number of carboxylic acids is 1. The Kier molecular flexibility index (Phi) is 4.05. The zero-order valence-electron chi connectivity index (χ0n) is 11.6. The van der Waals surface area contributed by atoms with Crippen molar-refractivity contribution in [2.24, 2.45) is 0 Å². The Morgan fingerprint density at radius 2 is 2.05 bits per heavy atom. The van der Waals surface area contributed by atoms with Crippen molar-refractivity contribution in [1.29, 1.82) is 0 Å². The Morgan fingerprint density at radius 3 is 2.58 bits per heavy atom. The van der Waals surface area contributed by atoms with Crippen LogP contribution in [-0.2, 0) is 11.3 Å². The smallest absolute Gasteiger partial charge is 0.328 e. The largest absolute Gasteiger partial charge is 0.478 e. The van der Waals surface area contributed by atoms with Crippen LogP contribution in [0.3, 0.4) is 0 Å². The monoisotopic (exact) mass is 259 g/mol. The van der Waals surface area contributed by atoms with Gasteiger partial charge in [0.25, 0.3) is 0 Å². The first-order valence-electron chi connectivity index (χ1n) is 6.72. The number of rotatable bonds is 4. The van der Waals surface area contributed by atoms with Gasteiger partial charge in [-0.05, 0) is 50.4 Å². The molecule has 1 aliphatic heterocycles. The molecule has 0 bridgehead atoms. The van der Waals surface area contributed by atoms with Crippen molar-refractivity contribution in [3.05, 3.63) is 41.5 Å². The van der Waals surface area contributed by atoms with Crippen molar-refractivity contribution in [2.75, 3.05) is 6.54 Å². The van der Waals surface area contributed by atoms with Crippen LogP contribution in [0.1, 0.15) is 37.8 Å². The first-order chi connectivity index (χ1) is 8.97. The minimum atomic E-state index is -0.914. The molecule has 3 nitrogen and oxygen atoms in total. The zero-order valence-corrected chi connectivity index (χ0v) is 11.6. The van der Waals surface area contributed by atoms with Gasteiger partial charge in [0.15, 0.2) is 0 Å². The van der Waals surface area contributed by atoms with Crippen LogP contribution in [0.5, 0.6) is 0 Å². The highest BCUT2D eigenvalue weighted by molar-refractivity contribution is 5.85. The van der Waals surface area contributed by atoms with E-state index in [0.717, 1.165) is 18.7 Å². The minimum absolute atomic E-state index is 0.294. The molecule has 102 valence electrons. The number of hydrogen-bond acceptors (Lipinski definition) is 2. The molecule has 3 heteroatoms. The maximum atomic E-state index is 10.4. The third kappa shape index (κ3) is 3.67. The van der Waals surface area contributed by atoms with Crippen LogP contribution in [0, 0.1) is 0 Å². The highest BCUT2D eigenvalue weighted by Crippen LogP contribution is 2.29. The van der Waals surface area contributed by atoms with Crippen molar-refractivity contribution in [3.8, 4) is 0 Å². The lowest BCUT2D eigenvalue weighted by Crippen LogP contribution is -2.37. The summed E-state index contributed by atoms with van der Waals surface area (Å²) in [6.45, 7) is 6.72. The molecular formula is C16H21NO2. The van der Waals surface area contributed by atoms with Crippen LogP contribution in [0.25, 0.3) is 6.08 Å². The number of carbonyl (C=O) groups is 1. The van der Waals surface area contributed by atoms with Gasteiger partial charge in [-0.15, -0.1) is 0 Å². The van der Waals surface area contributed by atoms with Gasteiger partial charge in [-0.25, -0.2) is 4.79 Å². The molecule has 2 rings (SSSR count). The molecule has 0 aliphatic carbocycles. The maximum Gasteiger partial charge on any atom is 0.328 e. The molecule has 0 unspecified atom stereocenters. The summed E-state index contributed by atoms with van der Waals surface area (Å²) >= 11 is 0. The summed E-state index contributed by atoms with van der Waals surface area (Å²) in [5.41, 5.74) is 2.50. The second-order valence-corrected chi connectivity index (χ2v) is 5.75. The van der Waals surface area contributed by atoms with Crippen LogP contribution in [-0.4, -0.2) is 28.1 Å². The van der Waals surface area contributed by atoms with E-state index >= 15 is 0 Å². The molecule has 0 atom stereocenters. The molecule has 1 fully saturated rings. The fraction of sp³-hybridized carbons (Fsp3) is 0.438. The molecule has 0 amide bonds. The molecule has 1 heterocycles. The third-order valence-corrected chi connectivity index (χ3v) is 3.84. The van der Waals surface area contributed by atoms with E-state index in [0.29, 0.717) is 5.54 Å². The van der Waals surface area contributed by atoms with E-state index in [9.17, 15) is 4.79 Å². The fourth-order valence-electron chi connectivity index (χ4n) is 2.58. The zero-order chi connectivity index (χ0) is 13.9. The number of hydrogen-bond donors (Lipinski definition) is 1. The van der Waals surface area contributed by atoms with Gasteiger partial charge in [0, 0.05) is 18.2 Å². The number of likely N-dealkylation sites (tertiary alicyclic amines) is 1. The summed E-state index contributed by atoms with van der Waals surface area (Å²) in [5, 5.41) is 8.58. The van der Waals surface area contributed by atoms with Crippen LogP contribution >= 0.6 is 0 Å². The first kappa shape index (κ1) is 13.8. The Morgan fingerprint density at radius 1 is 1.37 bits per heavy atom. The van der Waals surface area contributed by atoms with Crippen LogP contribution in [0.15, 0.2) is 30.3 Å². The van der Waals surface area contributed by atoms with E-state index in [2.05, 4.69) is 30.9 Å². The van der Waals surface area contributed by atoms with Gasteiger partial charge >= 0.3 is 5.97 Å². The lowest BCUT2D eigenvalue weighted by atomic mass is 10.0. The van der Waals surface area contributed by atoms with Crippen molar-refractivity contribution in [3.63, 3.8) is 0 Å². The molecule has 1 aromatic carbocycles. The second kappa shape index (κ2) is 5.57. The van der Waals surface area contributed by atoms with Gasteiger partial charge in [-0.1, -0.05) is 24.3 Å². The highest BCUT2D eigenvalue weighted by atomic mass is 16.4. The van der Waals surface area contributed by atoms with Crippen molar-refractivity contribution >= 4 is 12.0 Å². The van der Waals surface area contributed by atoms with Crippen LogP contribution < -0.4 is 0 Å². The molecule has 1 saturated heterocycles. The van der Waals surface area contributed by atoms with Crippen molar-refractivity contribution < 1.29 is 9.90 Å². The SMILES string of the molecule is CC1(C)CCCN1Cc1ccc(/C=C/C(=O)O)cc1. The molecule has 0 saturated carbocycles. The molecule has 0 aromatic heterocycles. The normalized spacial score (nSPS) is 19.1. The van der Waals surface area contributed by atoms with Crippen molar-refractivity contribution in [2.45, 2.75) is 38.8 Å². The maximum absolute atomic E-state index is 10.4. The lowest BCUT2D eigenvalue weighted by molar-refractivity contribution is -0.131. The van der Waals surface area contributed by atoms with E-state index in [4.69, 9.17) is 5.11 Å². The highest BCUT2D eigenvalue weighted by Gasteiger charge is 2.31. The van der Waals surface area contributed by atoms with Gasteiger partial charge < -0.3 is 5.11 Å². The van der Waals surface area contributed by atoms with Crippen LogP contribution in [0.4, 0.5) is 0 Å². The average molecular weight is 259 g/mol.